The SMILES string of the molecule is CC/C=C(\[C@@H](C)CCCCC)S(C)(=O)=O. The first kappa shape index (κ1) is 14.7. The van der Waals surface area contributed by atoms with Crippen LogP contribution in [0, 0.1) is 5.92 Å². The van der Waals surface area contributed by atoms with Crippen molar-refractivity contribution in [2.45, 2.75) is 52.9 Å². The van der Waals surface area contributed by atoms with Gasteiger partial charge in [0.2, 0.25) is 0 Å². The molecule has 0 spiro atoms. The molecule has 0 aromatic rings. The number of hydrogen-bond acceptors (Lipinski definition) is 2. The molecule has 0 aliphatic carbocycles. The van der Waals surface area contributed by atoms with Crippen molar-refractivity contribution in [3.05, 3.63) is 11.0 Å². The lowest BCUT2D eigenvalue weighted by atomic mass is 10.0. The third-order valence-electron chi connectivity index (χ3n) is 2.56. The molecule has 0 aliphatic heterocycles. The molecule has 1 atom stereocenters. The van der Waals surface area contributed by atoms with Crippen molar-refractivity contribution in [2.24, 2.45) is 5.92 Å². The Morgan fingerprint density at radius 3 is 2.27 bits per heavy atom. The minimum atomic E-state index is -3.00. The molecule has 3 heteroatoms. The largest absolute Gasteiger partial charge is 0.224 e. The van der Waals surface area contributed by atoms with Crippen molar-refractivity contribution in [2.75, 3.05) is 6.26 Å². The van der Waals surface area contributed by atoms with Gasteiger partial charge in [-0.1, -0.05) is 46.1 Å². The molecule has 90 valence electrons. The molecular formula is C12H24O2S. The van der Waals surface area contributed by atoms with Crippen molar-refractivity contribution >= 4 is 9.84 Å². The molecule has 0 rings (SSSR count). The van der Waals surface area contributed by atoms with E-state index >= 15 is 0 Å². The second-order valence-corrected chi connectivity index (χ2v) is 6.20. The van der Waals surface area contributed by atoms with Crippen molar-refractivity contribution < 1.29 is 8.42 Å². The Bertz CT molecular complexity index is 289. The average Bonchev–Trinajstić information content (AvgIpc) is 2.12. The molecule has 0 amide bonds. The lowest BCUT2D eigenvalue weighted by molar-refractivity contribution is 0.553. The van der Waals surface area contributed by atoms with Gasteiger partial charge in [-0.3, -0.25) is 0 Å². The van der Waals surface area contributed by atoms with Crippen LogP contribution >= 0.6 is 0 Å². The summed E-state index contributed by atoms with van der Waals surface area (Å²) < 4.78 is 23.1. The first-order valence-corrected chi connectivity index (χ1v) is 7.72. The highest BCUT2D eigenvalue weighted by atomic mass is 32.2. The van der Waals surface area contributed by atoms with Crippen LogP contribution in [-0.4, -0.2) is 14.7 Å². The highest BCUT2D eigenvalue weighted by Gasteiger charge is 2.17. The summed E-state index contributed by atoms with van der Waals surface area (Å²) in [6.45, 7) is 6.15. The van der Waals surface area contributed by atoms with Gasteiger partial charge in [0.15, 0.2) is 9.84 Å². The van der Waals surface area contributed by atoms with Crippen LogP contribution in [0.2, 0.25) is 0 Å². The number of hydrogen-bond donors (Lipinski definition) is 0. The minimum absolute atomic E-state index is 0.173. The van der Waals surface area contributed by atoms with E-state index in [2.05, 4.69) is 6.92 Å². The first-order chi connectivity index (χ1) is 6.93. The Hall–Kier alpha value is -0.310. The quantitative estimate of drug-likeness (QED) is 0.629. The van der Waals surface area contributed by atoms with Crippen molar-refractivity contribution in [1.82, 2.24) is 0 Å². The molecule has 0 aromatic heterocycles. The van der Waals surface area contributed by atoms with E-state index in [9.17, 15) is 8.42 Å². The Kier molecular flexibility index (Phi) is 6.90. The Morgan fingerprint density at radius 2 is 1.87 bits per heavy atom. The topological polar surface area (TPSA) is 34.1 Å². The Balaban J connectivity index is 4.46. The molecule has 0 saturated carbocycles. The van der Waals surface area contributed by atoms with Gasteiger partial charge in [0.05, 0.1) is 0 Å². The smallest absolute Gasteiger partial charge is 0.171 e. The molecule has 0 aromatic carbocycles. The van der Waals surface area contributed by atoms with Crippen LogP contribution in [0.5, 0.6) is 0 Å². The number of allylic oxidation sites excluding steroid dienone is 2. The maximum absolute atomic E-state index is 11.5. The molecule has 2 nitrogen and oxygen atoms in total. The highest BCUT2D eigenvalue weighted by molar-refractivity contribution is 7.94. The lowest BCUT2D eigenvalue weighted by Crippen LogP contribution is -2.10. The van der Waals surface area contributed by atoms with Crippen LogP contribution in [0.25, 0.3) is 0 Å². The molecule has 0 saturated heterocycles. The number of sulfone groups is 1. The summed E-state index contributed by atoms with van der Waals surface area (Å²) >= 11 is 0. The molecule has 0 radical (unpaired) electrons. The monoisotopic (exact) mass is 232 g/mol. The van der Waals surface area contributed by atoms with Crippen LogP contribution in [0.3, 0.4) is 0 Å². The van der Waals surface area contributed by atoms with Gasteiger partial charge in [-0.05, 0) is 18.8 Å². The minimum Gasteiger partial charge on any atom is -0.224 e. The van der Waals surface area contributed by atoms with E-state index < -0.39 is 9.84 Å². The molecule has 0 N–H and O–H groups in total. The van der Waals surface area contributed by atoms with E-state index in [1.54, 1.807) is 0 Å². The van der Waals surface area contributed by atoms with Crippen LogP contribution in [-0.2, 0) is 9.84 Å². The Labute approximate surface area is 94.7 Å². The third-order valence-corrected chi connectivity index (χ3v) is 3.99. The number of unbranched alkanes of at least 4 members (excludes halogenated alkanes) is 2. The molecule has 0 heterocycles. The van der Waals surface area contributed by atoms with Crippen molar-refractivity contribution in [3.8, 4) is 0 Å². The van der Waals surface area contributed by atoms with Gasteiger partial charge in [-0.15, -0.1) is 0 Å². The van der Waals surface area contributed by atoms with E-state index in [4.69, 9.17) is 0 Å². The van der Waals surface area contributed by atoms with Gasteiger partial charge in [-0.25, -0.2) is 8.42 Å². The fourth-order valence-corrected chi connectivity index (χ4v) is 3.08. The summed E-state index contributed by atoms with van der Waals surface area (Å²) in [6, 6.07) is 0. The first-order valence-electron chi connectivity index (χ1n) is 5.83. The van der Waals surface area contributed by atoms with Crippen LogP contribution in [0.4, 0.5) is 0 Å². The number of rotatable bonds is 7. The zero-order valence-electron chi connectivity index (χ0n) is 10.4. The fraction of sp³-hybridized carbons (Fsp3) is 0.833. The zero-order valence-corrected chi connectivity index (χ0v) is 11.2. The maximum atomic E-state index is 11.5. The van der Waals surface area contributed by atoms with Gasteiger partial charge in [-0.2, -0.15) is 0 Å². The van der Waals surface area contributed by atoms with Gasteiger partial charge >= 0.3 is 0 Å². The molecular weight excluding hydrogens is 208 g/mol. The predicted octanol–water partition coefficient (Wildman–Crippen LogP) is 3.54. The van der Waals surface area contributed by atoms with Gasteiger partial charge in [0, 0.05) is 11.2 Å². The second-order valence-electron chi connectivity index (χ2n) is 4.18. The third kappa shape index (κ3) is 5.98. The normalized spacial score (nSPS) is 15.3. The van der Waals surface area contributed by atoms with E-state index in [1.807, 2.05) is 19.9 Å². The Morgan fingerprint density at radius 1 is 1.27 bits per heavy atom. The van der Waals surface area contributed by atoms with E-state index in [0.29, 0.717) is 4.91 Å². The van der Waals surface area contributed by atoms with E-state index in [1.165, 1.54) is 19.1 Å². The summed E-state index contributed by atoms with van der Waals surface area (Å²) in [5, 5.41) is 0. The predicted molar refractivity (Wildman–Crippen MR) is 66.5 cm³/mol. The van der Waals surface area contributed by atoms with Crippen LogP contribution < -0.4 is 0 Å². The summed E-state index contributed by atoms with van der Waals surface area (Å²) in [4.78, 5) is 0.626. The van der Waals surface area contributed by atoms with E-state index in [0.717, 1.165) is 19.3 Å². The lowest BCUT2D eigenvalue weighted by Gasteiger charge is -2.14. The van der Waals surface area contributed by atoms with Crippen molar-refractivity contribution in [3.63, 3.8) is 0 Å². The van der Waals surface area contributed by atoms with Crippen LogP contribution in [0.1, 0.15) is 52.9 Å². The molecule has 0 unspecified atom stereocenters. The molecule has 15 heavy (non-hydrogen) atoms. The standard InChI is InChI=1S/C12H24O2S/c1-5-7-8-10-11(3)12(9-6-2)15(4,13)14/h9,11H,5-8,10H2,1-4H3/b12-9+/t11-/m0/s1. The summed E-state index contributed by atoms with van der Waals surface area (Å²) in [6.07, 6.45) is 8.42. The zero-order chi connectivity index (χ0) is 11.9. The van der Waals surface area contributed by atoms with E-state index in [-0.39, 0.29) is 5.92 Å². The van der Waals surface area contributed by atoms with Crippen molar-refractivity contribution in [1.29, 1.82) is 0 Å². The second kappa shape index (κ2) is 7.04. The molecule has 0 aliphatic rings. The molecule has 0 bridgehead atoms. The van der Waals surface area contributed by atoms with Gasteiger partial charge in [0.1, 0.15) is 0 Å². The van der Waals surface area contributed by atoms with Crippen LogP contribution in [0.15, 0.2) is 11.0 Å². The van der Waals surface area contributed by atoms with Gasteiger partial charge in [0.25, 0.3) is 0 Å². The fourth-order valence-electron chi connectivity index (χ4n) is 1.76. The highest BCUT2D eigenvalue weighted by Crippen LogP contribution is 2.22. The average molecular weight is 232 g/mol. The summed E-state index contributed by atoms with van der Waals surface area (Å²) in [7, 11) is -3.00. The summed E-state index contributed by atoms with van der Waals surface area (Å²) in [5.74, 6) is 0.173. The van der Waals surface area contributed by atoms with Gasteiger partial charge < -0.3 is 0 Å². The maximum Gasteiger partial charge on any atom is 0.171 e. The molecule has 0 fully saturated rings. The summed E-state index contributed by atoms with van der Waals surface area (Å²) in [5.41, 5.74) is 0.